The number of benzene rings is 1. The maximum atomic E-state index is 12.2. The van der Waals surface area contributed by atoms with Crippen LogP contribution in [0.5, 0.6) is 5.75 Å². The molecule has 0 radical (unpaired) electrons. The van der Waals surface area contributed by atoms with Gasteiger partial charge < -0.3 is 15.1 Å². The van der Waals surface area contributed by atoms with Crippen LogP contribution in [0.3, 0.4) is 0 Å². The normalized spacial score (nSPS) is 10.1. The lowest BCUT2D eigenvalue weighted by Crippen LogP contribution is -2.43. The van der Waals surface area contributed by atoms with Crippen molar-refractivity contribution in [2.24, 2.45) is 0 Å². The number of aliphatic carboxylic acids is 1. The fraction of sp³-hybridized carbons (Fsp3) is 0.385. The van der Waals surface area contributed by atoms with E-state index in [1.807, 2.05) is 6.92 Å². The lowest BCUT2D eigenvalue weighted by molar-refractivity contribution is -0.137. The molecule has 0 atom stereocenters. The van der Waals surface area contributed by atoms with Crippen molar-refractivity contribution < 1.29 is 19.8 Å². The number of anilines is 1. The topological polar surface area (TPSA) is 81.1 Å². The van der Waals surface area contributed by atoms with Gasteiger partial charge in [0.1, 0.15) is 12.3 Å². The zero-order valence-electron chi connectivity index (χ0n) is 11.3. The molecule has 1 aromatic carbocycles. The molecular weight excluding hydrogens is 248 g/mol. The molecule has 6 nitrogen and oxygen atoms in total. The van der Waals surface area contributed by atoms with Crippen LogP contribution >= 0.6 is 0 Å². The van der Waals surface area contributed by atoms with Crippen LogP contribution in [0.25, 0.3) is 0 Å². The van der Waals surface area contributed by atoms with Crippen molar-refractivity contribution in [1.29, 1.82) is 0 Å². The van der Waals surface area contributed by atoms with Gasteiger partial charge in [0.15, 0.2) is 0 Å². The zero-order valence-corrected chi connectivity index (χ0v) is 11.3. The number of nitrogens with zero attached hydrogens (tertiary/aromatic N) is 2. The van der Waals surface area contributed by atoms with Crippen LogP contribution in [0.15, 0.2) is 18.2 Å². The predicted molar refractivity (Wildman–Crippen MR) is 71.5 cm³/mol. The Labute approximate surface area is 111 Å². The zero-order chi connectivity index (χ0) is 14.6. The summed E-state index contributed by atoms with van der Waals surface area (Å²) in [6.45, 7) is 3.62. The van der Waals surface area contributed by atoms with E-state index in [-0.39, 0.29) is 12.3 Å². The van der Waals surface area contributed by atoms with Crippen LogP contribution in [0.4, 0.5) is 10.5 Å². The summed E-state index contributed by atoms with van der Waals surface area (Å²) in [5, 5.41) is 18.2. The van der Waals surface area contributed by atoms with Crippen LogP contribution in [0.1, 0.15) is 12.5 Å². The van der Waals surface area contributed by atoms with Gasteiger partial charge in [0.2, 0.25) is 0 Å². The van der Waals surface area contributed by atoms with Crippen LogP contribution in [0.2, 0.25) is 0 Å². The Morgan fingerprint density at radius 3 is 2.47 bits per heavy atom. The first-order valence-electron chi connectivity index (χ1n) is 5.90. The minimum absolute atomic E-state index is 0.0627. The fourth-order valence-electron chi connectivity index (χ4n) is 1.77. The third kappa shape index (κ3) is 3.61. The lowest BCUT2D eigenvalue weighted by Gasteiger charge is -2.27. The maximum Gasteiger partial charge on any atom is 0.324 e. The molecule has 0 bridgehead atoms. The highest BCUT2D eigenvalue weighted by molar-refractivity contribution is 5.94. The monoisotopic (exact) mass is 266 g/mol. The van der Waals surface area contributed by atoms with E-state index in [0.717, 1.165) is 10.5 Å². The Morgan fingerprint density at radius 2 is 1.95 bits per heavy atom. The summed E-state index contributed by atoms with van der Waals surface area (Å²) in [4.78, 5) is 25.4. The number of amides is 2. The molecule has 2 amide bonds. The molecule has 1 rings (SSSR count). The molecule has 0 heterocycles. The van der Waals surface area contributed by atoms with E-state index < -0.39 is 12.0 Å². The Balaban J connectivity index is 3.03. The minimum Gasteiger partial charge on any atom is -0.508 e. The molecule has 0 aromatic heterocycles. The van der Waals surface area contributed by atoms with Crippen molar-refractivity contribution in [1.82, 2.24) is 4.90 Å². The largest absolute Gasteiger partial charge is 0.508 e. The van der Waals surface area contributed by atoms with Gasteiger partial charge in [0.05, 0.1) is 5.69 Å². The first-order chi connectivity index (χ1) is 8.86. The predicted octanol–water partition coefficient (Wildman–Crippen LogP) is 1.66. The highest BCUT2D eigenvalue weighted by Gasteiger charge is 2.21. The number of aromatic hydroxyl groups is 1. The minimum atomic E-state index is -1.07. The smallest absolute Gasteiger partial charge is 0.324 e. The number of carboxylic acids is 1. The number of hydrogen-bond acceptors (Lipinski definition) is 3. The van der Waals surface area contributed by atoms with Gasteiger partial charge in [-0.15, -0.1) is 0 Å². The number of phenolic OH excluding ortho intramolecular Hbond substituents is 1. The van der Waals surface area contributed by atoms with E-state index in [9.17, 15) is 14.7 Å². The molecule has 0 aliphatic rings. The third-order valence-electron chi connectivity index (χ3n) is 2.73. The molecule has 104 valence electrons. The summed E-state index contributed by atoms with van der Waals surface area (Å²) in [6, 6.07) is 4.32. The van der Waals surface area contributed by atoms with E-state index in [1.54, 1.807) is 13.0 Å². The Bertz CT molecular complexity index is 488. The van der Waals surface area contributed by atoms with Gasteiger partial charge in [-0.25, -0.2) is 4.79 Å². The molecule has 19 heavy (non-hydrogen) atoms. The van der Waals surface area contributed by atoms with E-state index in [2.05, 4.69) is 0 Å². The van der Waals surface area contributed by atoms with Crippen molar-refractivity contribution in [2.75, 3.05) is 25.0 Å². The molecule has 2 N–H and O–H groups in total. The maximum absolute atomic E-state index is 12.2. The summed E-state index contributed by atoms with van der Waals surface area (Å²) < 4.78 is 0. The SMILES string of the molecule is CCN(C(=O)N(C)CC(=O)O)c1cc(O)ccc1C. The van der Waals surface area contributed by atoms with Gasteiger partial charge >= 0.3 is 12.0 Å². The summed E-state index contributed by atoms with van der Waals surface area (Å²) >= 11 is 0. The molecule has 6 heteroatoms. The molecule has 0 aliphatic heterocycles. The third-order valence-corrected chi connectivity index (χ3v) is 2.73. The number of phenols is 1. The summed E-state index contributed by atoms with van der Waals surface area (Å²) in [7, 11) is 1.43. The first kappa shape index (κ1) is 14.8. The quantitative estimate of drug-likeness (QED) is 0.868. The lowest BCUT2D eigenvalue weighted by atomic mass is 10.1. The number of rotatable bonds is 4. The standard InChI is InChI=1S/C13H18N2O4/c1-4-15(13(19)14(3)8-12(17)18)11-7-10(16)6-5-9(11)2/h5-7,16H,4,8H2,1-3H3,(H,17,18). The molecule has 0 fully saturated rings. The average Bonchev–Trinajstić information content (AvgIpc) is 2.33. The van der Waals surface area contributed by atoms with Crippen LogP contribution in [-0.4, -0.2) is 47.3 Å². The number of likely N-dealkylation sites (N-methyl/N-ethyl adjacent to an activating group) is 1. The van der Waals surface area contributed by atoms with Crippen LogP contribution < -0.4 is 4.90 Å². The van der Waals surface area contributed by atoms with Crippen molar-refractivity contribution in [3.8, 4) is 5.75 Å². The second-order valence-corrected chi connectivity index (χ2v) is 4.25. The van der Waals surface area contributed by atoms with Gasteiger partial charge in [-0.2, -0.15) is 0 Å². The number of aryl methyl sites for hydroxylation is 1. The number of carbonyl (C=O) groups excluding carboxylic acids is 1. The number of carboxylic acid groups (broad SMARTS) is 1. The van der Waals surface area contributed by atoms with E-state index in [1.165, 1.54) is 24.1 Å². The van der Waals surface area contributed by atoms with Crippen molar-refractivity contribution >= 4 is 17.7 Å². The van der Waals surface area contributed by atoms with Gasteiger partial charge in [0, 0.05) is 19.7 Å². The van der Waals surface area contributed by atoms with Gasteiger partial charge in [-0.1, -0.05) is 6.07 Å². The van der Waals surface area contributed by atoms with E-state index in [4.69, 9.17) is 5.11 Å². The molecule has 1 aromatic rings. The Kier molecular flexibility index (Phi) is 4.74. The van der Waals surface area contributed by atoms with Crippen molar-refractivity contribution in [3.05, 3.63) is 23.8 Å². The van der Waals surface area contributed by atoms with Crippen LogP contribution in [-0.2, 0) is 4.79 Å². The molecule has 0 saturated heterocycles. The Morgan fingerprint density at radius 1 is 1.32 bits per heavy atom. The fourth-order valence-corrected chi connectivity index (χ4v) is 1.77. The Hall–Kier alpha value is -2.24. The second kappa shape index (κ2) is 6.08. The molecule has 0 saturated carbocycles. The second-order valence-electron chi connectivity index (χ2n) is 4.25. The summed E-state index contributed by atoms with van der Waals surface area (Å²) in [5.41, 5.74) is 1.40. The highest BCUT2D eigenvalue weighted by atomic mass is 16.4. The molecule has 0 spiro atoms. The molecule has 0 unspecified atom stereocenters. The molecule has 0 aliphatic carbocycles. The van der Waals surface area contributed by atoms with Crippen LogP contribution in [0, 0.1) is 6.92 Å². The average molecular weight is 266 g/mol. The van der Waals surface area contributed by atoms with Gasteiger partial charge in [-0.05, 0) is 25.5 Å². The van der Waals surface area contributed by atoms with E-state index in [0.29, 0.717) is 12.2 Å². The van der Waals surface area contributed by atoms with E-state index >= 15 is 0 Å². The van der Waals surface area contributed by atoms with Gasteiger partial charge in [0.25, 0.3) is 0 Å². The first-order valence-corrected chi connectivity index (χ1v) is 5.90. The number of hydrogen-bond donors (Lipinski definition) is 2. The number of carbonyl (C=O) groups is 2. The summed E-state index contributed by atoms with van der Waals surface area (Å²) in [6.07, 6.45) is 0. The van der Waals surface area contributed by atoms with Crippen molar-refractivity contribution in [3.63, 3.8) is 0 Å². The van der Waals surface area contributed by atoms with Crippen molar-refractivity contribution in [2.45, 2.75) is 13.8 Å². The summed E-state index contributed by atoms with van der Waals surface area (Å²) in [5.74, 6) is -1.01. The molecular formula is C13H18N2O4. The van der Waals surface area contributed by atoms with Gasteiger partial charge in [-0.3, -0.25) is 9.69 Å². The highest BCUT2D eigenvalue weighted by Crippen LogP contribution is 2.25. The number of urea groups is 1.